The number of amides is 1. The number of carbonyl (C=O) groups excluding carboxylic acids is 1. The van der Waals surface area contributed by atoms with E-state index in [4.69, 9.17) is 0 Å². The third-order valence-corrected chi connectivity index (χ3v) is 7.19. The summed E-state index contributed by atoms with van der Waals surface area (Å²) in [6, 6.07) is 33.5. The van der Waals surface area contributed by atoms with Gasteiger partial charge in [0.2, 0.25) is 0 Å². The highest BCUT2D eigenvalue weighted by molar-refractivity contribution is 5.99. The summed E-state index contributed by atoms with van der Waals surface area (Å²) in [6.07, 6.45) is 0. The number of nitrogens with zero attached hydrogens (tertiary/aromatic N) is 1. The van der Waals surface area contributed by atoms with E-state index in [0.29, 0.717) is 5.56 Å². The van der Waals surface area contributed by atoms with E-state index in [1.807, 2.05) is 31.2 Å². The van der Waals surface area contributed by atoms with Crippen molar-refractivity contribution in [3.8, 4) is 11.1 Å². The summed E-state index contributed by atoms with van der Waals surface area (Å²) in [6.45, 7) is 9.19. The summed E-state index contributed by atoms with van der Waals surface area (Å²) in [5, 5.41) is 4.29. The Morgan fingerprint density at radius 1 is 0.806 bits per heavy atom. The summed E-state index contributed by atoms with van der Waals surface area (Å²) in [4.78, 5) is 13.1. The number of fused-ring (bicyclic) bond motifs is 1. The Hall–Kier alpha value is -4.11. The Labute approximate surface area is 213 Å². The molecule has 0 aliphatic heterocycles. The van der Waals surface area contributed by atoms with Crippen LogP contribution in [0.2, 0.25) is 0 Å². The molecular weight excluding hydrogens is 440 g/mol. The number of hydrogen-bond acceptors (Lipinski definition) is 1. The summed E-state index contributed by atoms with van der Waals surface area (Å²) in [7, 11) is 0. The predicted molar refractivity (Wildman–Crippen MR) is 149 cm³/mol. The average molecular weight is 473 g/mol. The summed E-state index contributed by atoms with van der Waals surface area (Å²) < 4.78 is 2.35. The number of hydrogen-bond donors (Lipinski definition) is 1. The van der Waals surface area contributed by atoms with Crippen molar-refractivity contribution < 1.29 is 4.79 Å². The molecule has 1 atom stereocenters. The molecule has 3 nitrogen and oxygen atoms in total. The number of nitrogens with one attached hydrogen (secondary N) is 1. The van der Waals surface area contributed by atoms with Gasteiger partial charge in [-0.2, -0.15) is 0 Å². The summed E-state index contributed by atoms with van der Waals surface area (Å²) in [5.74, 6) is -0.0489. The van der Waals surface area contributed by atoms with Crippen LogP contribution in [0.25, 0.3) is 22.0 Å². The summed E-state index contributed by atoms with van der Waals surface area (Å²) in [5.41, 5.74) is 10.3. The predicted octanol–water partition coefficient (Wildman–Crippen LogP) is 7.77. The number of benzene rings is 4. The van der Waals surface area contributed by atoms with Crippen LogP contribution in [0.4, 0.5) is 0 Å². The molecule has 1 amide bonds. The Balaban J connectivity index is 1.38. The van der Waals surface area contributed by atoms with Crippen molar-refractivity contribution in [3.05, 3.63) is 131 Å². The first-order chi connectivity index (χ1) is 17.4. The van der Waals surface area contributed by atoms with Gasteiger partial charge < -0.3 is 9.88 Å². The lowest BCUT2D eigenvalue weighted by molar-refractivity contribution is 0.0940. The minimum Gasteiger partial charge on any atom is -0.346 e. The maximum absolute atomic E-state index is 13.1. The molecule has 1 aromatic heterocycles. The van der Waals surface area contributed by atoms with Gasteiger partial charge in [-0.15, -0.1) is 0 Å². The Morgan fingerprint density at radius 2 is 1.53 bits per heavy atom. The molecule has 5 rings (SSSR count). The molecule has 4 aromatic carbocycles. The van der Waals surface area contributed by atoms with Crippen LogP contribution in [-0.2, 0) is 6.54 Å². The number of carbonyl (C=O) groups is 1. The molecule has 3 heteroatoms. The standard InChI is InChI=1S/C33H32N2O/c1-22-9-8-12-29(19-22)24(3)34-33(36)30-17-18-32-31(20-30)23(2)25(4)35(32)21-26-13-15-28(16-14-26)27-10-6-5-7-11-27/h5-20,24H,21H2,1-4H3,(H,34,36)/t24-/m1/s1. The Kier molecular flexibility index (Phi) is 6.47. The molecule has 0 aliphatic carbocycles. The molecule has 0 unspecified atom stereocenters. The molecule has 0 spiro atoms. The molecule has 0 saturated carbocycles. The second kappa shape index (κ2) is 9.87. The first-order valence-electron chi connectivity index (χ1n) is 12.5. The van der Waals surface area contributed by atoms with Crippen LogP contribution in [0.5, 0.6) is 0 Å². The molecule has 5 aromatic rings. The van der Waals surface area contributed by atoms with Crippen molar-refractivity contribution in [3.63, 3.8) is 0 Å². The van der Waals surface area contributed by atoms with Crippen molar-refractivity contribution in [1.29, 1.82) is 0 Å². The van der Waals surface area contributed by atoms with E-state index in [0.717, 1.165) is 23.0 Å². The lowest BCUT2D eigenvalue weighted by Crippen LogP contribution is -2.26. The minimum atomic E-state index is -0.0561. The topological polar surface area (TPSA) is 34.0 Å². The lowest BCUT2D eigenvalue weighted by atomic mass is 10.0. The normalized spacial score (nSPS) is 12.0. The van der Waals surface area contributed by atoms with E-state index in [1.54, 1.807) is 0 Å². The molecule has 0 fully saturated rings. The molecular formula is C33H32N2O. The van der Waals surface area contributed by atoms with Gasteiger partial charge in [0.25, 0.3) is 5.91 Å². The van der Waals surface area contributed by atoms with Crippen LogP contribution in [0.1, 0.15) is 51.3 Å². The van der Waals surface area contributed by atoms with Crippen LogP contribution in [0, 0.1) is 20.8 Å². The SMILES string of the molecule is Cc1cccc([C@@H](C)NC(=O)c2ccc3c(c2)c(C)c(C)n3Cc2ccc(-c3ccccc3)cc2)c1. The van der Waals surface area contributed by atoms with Gasteiger partial charge in [-0.25, -0.2) is 0 Å². The van der Waals surface area contributed by atoms with Gasteiger partial charge in [0.15, 0.2) is 0 Å². The third-order valence-electron chi connectivity index (χ3n) is 7.19. The van der Waals surface area contributed by atoms with Gasteiger partial charge in [-0.3, -0.25) is 4.79 Å². The highest BCUT2D eigenvalue weighted by Gasteiger charge is 2.16. The summed E-state index contributed by atoms with van der Waals surface area (Å²) >= 11 is 0. The van der Waals surface area contributed by atoms with Crippen LogP contribution in [-0.4, -0.2) is 10.5 Å². The zero-order valence-corrected chi connectivity index (χ0v) is 21.4. The molecule has 0 saturated heterocycles. The van der Waals surface area contributed by atoms with Crippen LogP contribution < -0.4 is 5.32 Å². The van der Waals surface area contributed by atoms with E-state index < -0.39 is 0 Å². The second-order valence-electron chi connectivity index (χ2n) is 9.70. The van der Waals surface area contributed by atoms with E-state index in [1.165, 1.54) is 33.5 Å². The number of aryl methyl sites for hydroxylation is 2. The van der Waals surface area contributed by atoms with E-state index in [-0.39, 0.29) is 11.9 Å². The van der Waals surface area contributed by atoms with Crippen LogP contribution >= 0.6 is 0 Å². The molecule has 180 valence electrons. The van der Waals surface area contributed by atoms with Crippen LogP contribution in [0.15, 0.2) is 97.1 Å². The maximum atomic E-state index is 13.1. The van der Waals surface area contributed by atoms with Crippen molar-refractivity contribution in [2.24, 2.45) is 0 Å². The third kappa shape index (κ3) is 4.70. The molecule has 36 heavy (non-hydrogen) atoms. The fraction of sp³-hybridized carbons (Fsp3) is 0.182. The van der Waals surface area contributed by atoms with Gasteiger partial charge in [-0.05, 0) is 73.7 Å². The molecule has 0 aliphatic rings. The van der Waals surface area contributed by atoms with Gasteiger partial charge in [0, 0.05) is 28.7 Å². The zero-order chi connectivity index (χ0) is 25.2. The fourth-order valence-corrected chi connectivity index (χ4v) is 4.91. The largest absolute Gasteiger partial charge is 0.346 e. The first-order valence-corrected chi connectivity index (χ1v) is 12.5. The van der Waals surface area contributed by atoms with Crippen molar-refractivity contribution in [1.82, 2.24) is 9.88 Å². The van der Waals surface area contributed by atoms with Gasteiger partial charge in [0.05, 0.1) is 6.04 Å². The van der Waals surface area contributed by atoms with Gasteiger partial charge >= 0.3 is 0 Å². The van der Waals surface area contributed by atoms with Crippen molar-refractivity contribution >= 4 is 16.8 Å². The van der Waals surface area contributed by atoms with E-state index in [9.17, 15) is 4.79 Å². The highest BCUT2D eigenvalue weighted by Crippen LogP contribution is 2.28. The Bertz CT molecular complexity index is 1530. The van der Waals surface area contributed by atoms with Crippen molar-refractivity contribution in [2.45, 2.75) is 40.3 Å². The smallest absolute Gasteiger partial charge is 0.251 e. The number of aromatic nitrogens is 1. The maximum Gasteiger partial charge on any atom is 0.251 e. The average Bonchev–Trinajstić information content (AvgIpc) is 3.14. The monoisotopic (exact) mass is 472 g/mol. The molecule has 1 heterocycles. The first kappa shape index (κ1) is 23.6. The van der Waals surface area contributed by atoms with Gasteiger partial charge in [0.1, 0.15) is 0 Å². The molecule has 0 bridgehead atoms. The lowest BCUT2D eigenvalue weighted by Gasteiger charge is -2.15. The second-order valence-corrected chi connectivity index (χ2v) is 9.70. The zero-order valence-electron chi connectivity index (χ0n) is 21.4. The van der Waals surface area contributed by atoms with E-state index >= 15 is 0 Å². The van der Waals surface area contributed by atoms with Gasteiger partial charge in [-0.1, -0.05) is 84.4 Å². The van der Waals surface area contributed by atoms with Crippen molar-refractivity contribution in [2.75, 3.05) is 0 Å². The molecule has 0 radical (unpaired) electrons. The van der Waals surface area contributed by atoms with Crippen LogP contribution in [0.3, 0.4) is 0 Å². The number of rotatable bonds is 6. The quantitative estimate of drug-likeness (QED) is 0.269. The van der Waals surface area contributed by atoms with E-state index in [2.05, 4.69) is 103 Å². The highest BCUT2D eigenvalue weighted by atomic mass is 16.1. The fourth-order valence-electron chi connectivity index (χ4n) is 4.91. The minimum absolute atomic E-state index is 0.0489. The Morgan fingerprint density at radius 3 is 2.25 bits per heavy atom. The molecule has 1 N–H and O–H groups in total.